The number of piperidine rings is 1. The van der Waals surface area contributed by atoms with E-state index in [4.69, 9.17) is 0 Å². The Morgan fingerprint density at radius 3 is 2.55 bits per heavy atom. The first kappa shape index (κ1) is 14.4. The maximum Gasteiger partial charge on any atom is 0.308 e. The van der Waals surface area contributed by atoms with Crippen molar-refractivity contribution < 1.29 is 9.90 Å². The first-order valence-electron chi connectivity index (χ1n) is 8.62. The van der Waals surface area contributed by atoms with Crippen molar-refractivity contribution in [3.05, 3.63) is 0 Å². The summed E-state index contributed by atoms with van der Waals surface area (Å²) in [4.78, 5) is 14.1. The van der Waals surface area contributed by atoms with E-state index in [2.05, 4.69) is 11.8 Å². The van der Waals surface area contributed by atoms with Gasteiger partial charge in [0.1, 0.15) is 0 Å². The van der Waals surface area contributed by atoms with E-state index < -0.39 is 5.97 Å². The minimum atomic E-state index is -0.562. The van der Waals surface area contributed by atoms with Gasteiger partial charge in [0, 0.05) is 12.6 Å². The highest BCUT2D eigenvalue weighted by molar-refractivity contribution is 5.71. The molecule has 3 nitrogen and oxygen atoms in total. The molecule has 1 N–H and O–H groups in total. The van der Waals surface area contributed by atoms with Crippen molar-refractivity contribution in [3.8, 4) is 0 Å². The molecular formula is C17H29NO2. The zero-order chi connectivity index (χ0) is 14.1. The maximum atomic E-state index is 11.6. The van der Waals surface area contributed by atoms with Crippen LogP contribution in [0.4, 0.5) is 0 Å². The zero-order valence-electron chi connectivity index (χ0n) is 12.8. The van der Waals surface area contributed by atoms with Gasteiger partial charge in [-0.1, -0.05) is 26.2 Å². The molecule has 1 aliphatic heterocycles. The molecule has 1 saturated heterocycles. The monoisotopic (exact) mass is 279 g/mol. The second-order valence-electron chi connectivity index (χ2n) is 7.52. The highest BCUT2D eigenvalue weighted by Gasteiger charge is 2.40. The number of rotatable bonds is 2. The van der Waals surface area contributed by atoms with E-state index in [1.165, 1.54) is 38.6 Å². The summed E-state index contributed by atoms with van der Waals surface area (Å²) in [6, 6.07) is 0.305. The van der Waals surface area contributed by atoms with Crippen molar-refractivity contribution in [2.45, 2.75) is 64.3 Å². The van der Waals surface area contributed by atoms with E-state index in [0.29, 0.717) is 12.0 Å². The normalized spacial score (nSPS) is 43.0. The topological polar surface area (TPSA) is 40.5 Å². The molecule has 3 rings (SSSR count). The average Bonchev–Trinajstić information content (AvgIpc) is 2.46. The molecular weight excluding hydrogens is 250 g/mol. The molecule has 0 radical (unpaired) electrons. The molecule has 3 fully saturated rings. The number of carboxylic acids is 1. The molecule has 114 valence electrons. The van der Waals surface area contributed by atoms with Gasteiger partial charge in [-0.3, -0.25) is 9.69 Å². The Hall–Kier alpha value is -0.570. The van der Waals surface area contributed by atoms with Crippen LogP contribution in [0.5, 0.6) is 0 Å². The number of nitrogens with zero attached hydrogens (tertiary/aromatic N) is 1. The van der Waals surface area contributed by atoms with Gasteiger partial charge in [0.05, 0.1) is 5.92 Å². The fourth-order valence-electron chi connectivity index (χ4n) is 4.97. The van der Waals surface area contributed by atoms with Crippen molar-refractivity contribution in [2.75, 3.05) is 13.1 Å². The van der Waals surface area contributed by atoms with Crippen LogP contribution < -0.4 is 0 Å². The summed E-state index contributed by atoms with van der Waals surface area (Å²) < 4.78 is 0. The van der Waals surface area contributed by atoms with Crippen LogP contribution in [0.3, 0.4) is 0 Å². The molecule has 0 aromatic rings. The summed E-state index contributed by atoms with van der Waals surface area (Å²) in [5.41, 5.74) is 0. The number of hydrogen-bond donors (Lipinski definition) is 1. The molecule has 5 atom stereocenters. The summed E-state index contributed by atoms with van der Waals surface area (Å²) >= 11 is 0. The molecule has 2 aliphatic carbocycles. The van der Waals surface area contributed by atoms with Gasteiger partial charge in [-0.15, -0.1) is 0 Å². The molecule has 3 aliphatic rings. The Morgan fingerprint density at radius 2 is 1.80 bits per heavy atom. The van der Waals surface area contributed by atoms with Gasteiger partial charge < -0.3 is 5.11 Å². The number of aliphatic carboxylic acids is 1. The number of fused-ring (bicyclic) bond motifs is 1. The van der Waals surface area contributed by atoms with Crippen molar-refractivity contribution in [1.82, 2.24) is 4.90 Å². The van der Waals surface area contributed by atoms with E-state index in [1.54, 1.807) is 0 Å². The molecule has 0 aromatic carbocycles. The van der Waals surface area contributed by atoms with Crippen molar-refractivity contribution in [2.24, 2.45) is 23.7 Å². The van der Waals surface area contributed by atoms with Gasteiger partial charge in [-0.25, -0.2) is 0 Å². The molecule has 2 saturated carbocycles. The molecule has 1 heterocycles. The minimum Gasteiger partial charge on any atom is -0.481 e. The zero-order valence-corrected chi connectivity index (χ0v) is 12.8. The quantitative estimate of drug-likeness (QED) is 0.842. The van der Waals surface area contributed by atoms with Crippen molar-refractivity contribution in [1.29, 1.82) is 0 Å². The minimum absolute atomic E-state index is 0.119. The molecule has 5 unspecified atom stereocenters. The third kappa shape index (κ3) is 2.88. The molecule has 0 aromatic heterocycles. The van der Waals surface area contributed by atoms with E-state index in [1.807, 2.05) is 0 Å². The summed E-state index contributed by atoms with van der Waals surface area (Å²) in [6.07, 6.45) is 9.97. The second-order valence-corrected chi connectivity index (χ2v) is 7.52. The lowest BCUT2D eigenvalue weighted by molar-refractivity contribution is -0.147. The lowest BCUT2D eigenvalue weighted by Crippen LogP contribution is -2.52. The van der Waals surface area contributed by atoms with Gasteiger partial charge in [0.25, 0.3) is 0 Å². The number of carbonyl (C=O) groups is 1. The summed E-state index contributed by atoms with van der Waals surface area (Å²) in [7, 11) is 0. The van der Waals surface area contributed by atoms with Crippen LogP contribution >= 0.6 is 0 Å². The largest absolute Gasteiger partial charge is 0.481 e. The van der Waals surface area contributed by atoms with Crippen LogP contribution in [0.25, 0.3) is 0 Å². The lowest BCUT2D eigenvalue weighted by Gasteiger charge is -2.47. The predicted molar refractivity (Wildman–Crippen MR) is 79.6 cm³/mol. The fourth-order valence-corrected chi connectivity index (χ4v) is 4.97. The van der Waals surface area contributed by atoms with Gasteiger partial charge in [-0.2, -0.15) is 0 Å². The SMILES string of the molecule is CC1CCC(C(=O)O)C(N2CCC3CCCCC3C2)C1. The van der Waals surface area contributed by atoms with E-state index in [-0.39, 0.29) is 5.92 Å². The lowest BCUT2D eigenvalue weighted by atomic mass is 9.72. The first-order valence-corrected chi connectivity index (χ1v) is 8.62. The average molecular weight is 279 g/mol. The third-order valence-electron chi connectivity index (χ3n) is 6.19. The molecule has 3 heteroatoms. The van der Waals surface area contributed by atoms with Gasteiger partial charge in [0.2, 0.25) is 0 Å². The summed E-state index contributed by atoms with van der Waals surface area (Å²) in [5.74, 6) is 1.80. The van der Waals surface area contributed by atoms with Gasteiger partial charge in [-0.05, 0) is 56.4 Å². The van der Waals surface area contributed by atoms with Crippen LogP contribution in [0.2, 0.25) is 0 Å². The summed E-state index contributed by atoms with van der Waals surface area (Å²) in [5, 5.41) is 9.53. The number of likely N-dealkylation sites (tertiary alicyclic amines) is 1. The molecule has 20 heavy (non-hydrogen) atoms. The Kier molecular flexibility index (Phi) is 4.34. The van der Waals surface area contributed by atoms with E-state index in [0.717, 1.165) is 37.6 Å². The van der Waals surface area contributed by atoms with Crippen LogP contribution in [-0.2, 0) is 4.79 Å². The highest BCUT2D eigenvalue weighted by atomic mass is 16.4. The van der Waals surface area contributed by atoms with Crippen molar-refractivity contribution >= 4 is 5.97 Å². The van der Waals surface area contributed by atoms with Gasteiger partial charge in [0.15, 0.2) is 0 Å². The van der Waals surface area contributed by atoms with Crippen molar-refractivity contribution in [3.63, 3.8) is 0 Å². The van der Waals surface area contributed by atoms with E-state index in [9.17, 15) is 9.90 Å². The Balaban J connectivity index is 1.68. The maximum absolute atomic E-state index is 11.6. The Labute approximate surface area is 122 Å². The molecule has 0 amide bonds. The predicted octanol–water partition coefficient (Wildman–Crippen LogP) is 3.39. The Bertz CT molecular complexity index is 357. The number of carboxylic acid groups (broad SMARTS) is 1. The fraction of sp³-hybridized carbons (Fsp3) is 0.941. The molecule has 0 spiro atoms. The number of hydrogen-bond acceptors (Lipinski definition) is 2. The van der Waals surface area contributed by atoms with Crippen LogP contribution in [0.15, 0.2) is 0 Å². The molecule has 0 bridgehead atoms. The highest BCUT2D eigenvalue weighted by Crippen LogP contribution is 2.40. The van der Waals surface area contributed by atoms with E-state index >= 15 is 0 Å². The second kappa shape index (κ2) is 6.05. The van der Waals surface area contributed by atoms with Gasteiger partial charge >= 0.3 is 5.97 Å². The smallest absolute Gasteiger partial charge is 0.308 e. The van der Waals surface area contributed by atoms with Crippen LogP contribution in [-0.4, -0.2) is 35.1 Å². The Morgan fingerprint density at radius 1 is 1.05 bits per heavy atom. The summed E-state index contributed by atoms with van der Waals surface area (Å²) in [6.45, 7) is 4.60. The standard InChI is InChI=1S/C17H29NO2/c1-12-6-7-15(17(19)20)16(10-12)18-9-8-13-4-2-3-5-14(13)11-18/h12-16H,2-11H2,1H3,(H,19,20). The van der Waals surface area contributed by atoms with Crippen LogP contribution in [0.1, 0.15) is 58.3 Å². The third-order valence-corrected chi connectivity index (χ3v) is 6.19. The first-order chi connectivity index (χ1) is 9.65. The van der Waals surface area contributed by atoms with Crippen LogP contribution in [0, 0.1) is 23.7 Å².